The molecule has 1 rings (SSSR count). The minimum Gasteiger partial charge on any atom is -0.392 e. The lowest BCUT2D eigenvalue weighted by Gasteiger charge is -2.10. The molecular formula is C12H17Cl2NO3S2. The smallest absolute Gasteiger partial charge is 0.242 e. The van der Waals surface area contributed by atoms with Crippen LogP contribution in [-0.4, -0.2) is 32.1 Å². The first kappa shape index (κ1) is 18.1. The molecule has 0 aliphatic rings. The highest BCUT2D eigenvalue weighted by molar-refractivity contribution is 7.98. The van der Waals surface area contributed by atoms with Crippen LogP contribution in [0, 0.1) is 0 Å². The first-order valence-corrected chi connectivity index (χ1v) is 9.63. The number of nitrogens with one attached hydrogen (secondary N) is 1. The van der Waals surface area contributed by atoms with Gasteiger partial charge in [-0.1, -0.05) is 23.2 Å². The molecule has 0 unspecified atom stereocenters. The summed E-state index contributed by atoms with van der Waals surface area (Å²) in [5.74, 6) is 0.998. The molecule has 0 atom stereocenters. The van der Waals surface area contributed by atoms with Crippen molar-refractivity contribution in [3.8, 4) is 0 Å². The highest BCUT2D eigenvalue weighted by Gasteiger charge is 2.19. The molecule has 114 valence electrons. The molecule has 8 heteroatoms. The van der Waals surface area contributed by atoms with E-state index in [1.807, 2.05) is 6.26 Å². The number of aliphatic hydroxyl groups is 1. The number of thioether (sulfide) groups is 1. The number of rotatable bonds is 8. The second kappa shape index (κ2) is 8.46. The van der Waals surface area contributed by atoms with Crippen LogP contribution in [0.3, 0.4) is 0 Å². The van der Waals surface area contributed by atoms with Gasteiger partial charge in [0.1, 0.15) is 4.90 Å². The summed E-state index contributed by atoms with van der Waals surface area (Å²) in [6, 6.07) is 2.63. The molecule has 1 aromatic carbocycles. The molecular weight excluding hydrogens is 341 g/mol. The van der Waals surface area contributed by atoms with Crippen LogP contribution >= 0.6 is 35.0 Å². The zero-order valence-electron chi connectivity index (χ0n) is 11.0. The van der Waals surface area contributed by atoms with Crippen molar-refractivity contribution in [1.82, 2.24) is 4.72 Å². The minimum atomic E-state index is -3.69. The van der Waals surface area contributed by atoms with Crippen LogP contribution < -0.4 is 4.72 Å². The van der Waals surface area contributed by atoms with Gasteiger partial charge < -0.3 is 5.11 Å². The molecule has 2 N–H and O–H groups in total. The molecule has 20 heavy (non-hydrogen) atoms. The molecule has 0 aliphatic heterocycles. The van der Waals surface area contributed by atoms with Gasteiger partial charge in [-0.15, -0.1) is 0 Å². The van der Waals surface area contributed by atoms with Gasteiger partial charge in [0, 0.05) is 11.6 Å². The molecule has 0 radical (unpaired) electrons. The fraction of sp³-hybridized carbons (Fsp3) is 0.500. The molecule has 0 saturated carbocycles. The van der Waals surface area contributed by atoms with Crippen LogP contribution in [-0.2, 0) is 16.6 Å². The monoisotopic (exact) mass is 357 g/mol. The molecule has 0 bridgehead atoms. The van der Waals surface area contributed by atoms with Gasteiger partial charge in [-0.25, -0.2) is 13.1 Å². The van der Waals surface area contributed by atoms with Gasteiger partial charge in [0.05, 0.1) is 11.6 Å². The molecule has 0 aromatic heterocycles. The van der Waals surface area contributed by atoms with Crippen LogP contribution in [0.15, 0.2) is 17.0 Å². The van der Waals surface area contributed by atoms with Crippen molar-refractivity contribution >= 4 is 45.0 Å². The van der Waals surface area contributed by atoms with Crippen molar-refractivity contribution < 1.29 is 13.5 Å². The van der Waals surface area contributed by atoms with Crippen LogP contribution in [0.1, 0.15) is 18.4 Å². The van der Waals surface area contributed by atoms with E-state index >= 15 is 0 Å². The van der Waals surface area contributed by atoms with E-state index in [0.717, 1.165) is 18.6 Å². The number of hydrogen-bond donors (Lipinski definition) is 2. The Bertz CT molecular complexity index is 550. The van der Waals surface area contributed by atoms with E-state index in [1.54, 1.807) is 11.8 Å². The number of sulfonamides is 1. The fourth-order valence-electron chi connectivity index (χ4n) is 1.55. The number of halogens is 2. The summed E-state index contributed by atoms with van der Waals surface area (Å²) in [5.41, 5.74) is 0.332. The molecule has 0 amide bonds. The molecule has 0 fully saturated rings. The summed E-state index contributed by atoms with van der Waals surface area (Å²) in [6.45, 7) is 0.0164. The van der Waals surface area contributed by atoms with Crippen molar-refractivity contribution in [1.29, 1.82) is 0 Å². The Balaban J connectivity index is 2.82. The van der Waals surface area contributed by atoms with Gasteiger partial charge in [0.2, 0.25) is 10.0 Å². The first-order valence-electron chi connectivity index (χ1n) is 5.99. The Labute approximate surface area is 133 Å². The Morgan fingerprint density at radius 2 is 1.95 bits per heavy atom. The van der Waals surface area contributed by atoms with Crippen molar-refractivity contribution in [3.63, 3.8) is 0 Å². The van der Waals surface area contributed by atoms with E-state index in [9.17, 15) is 8.42 Å². The quantitative estimate of drug-likeness (QED) is 0.702. The maximum atomic E-state index is 12.1. The maximum absolute atomic E-state index is 12.1. The predicted molar refractivity (Wildman–Crippen MR) is 85.2 cm³/mol. The SMILES string of the molecule is CSCCCCNS(=O)(=O)c1cc(CO)c(Cl)cc1Cl. The maximum Gasteiger partial charge on any atom is 0.242 e. The van der Waals surface area contributed by atoms with Crippen molar-refractivity contribution in [3.05, 3.63) is 27.7 Å². The average molecular weight is 358 g/mol. The number of aliphatic hydroxyl groups excluding tert-OH is 1. The Hall–Kier alpha value is 0.0200. The topological polar surface area (TPSA) is 66.4 Å². The third-order valence-corrected chi connectivity index (χ3v) is 5.60. The Kier molecular flexibility index (Phi) is 7.64. The lowest BCUT2D eigenvalue weighted by molar-refractivity contribution is 0.281. The van der Waals surface area contributed by atoms with Gasteiger partial charge in [0.15, 0.2) is 0 Å². The zero-order valence-corrected chi connectivity index (χ0v) is 14.2. The third kappa shape index (κ3) is 5.09. The summed E-state index contributed by atoms with van der Waals surface area (Å²) >= 11 is 13.5. The zero-order chi connectivity index (χ0) is 15.2. The largest absolute Gasteiger partial charge is 0.392 e. The highest BCUT2D eigenvalue weighted by Crippen LogP contribution is 2.28. The summed E-state index contributed by atoms with van der Waals surface area (Å²) in [6.07, 6.45) is 3.71. The Morgan fingerprint density at radius 3 is 2.55 bits per heavy atom. The highest BCUT2D eigenvalue weighted by atomic mass is 35.5. The van der Waals surface area contributed by atoms with Gasteiger partial charge in [0.25, 0.3) is 0 Å². The van der Waals surface area contributed by atoms with Gasteiger partial charge in [-0.2, -0.15) is 11.8 Å². The summed E-state index contributed by atoms with van der Waals surface area (Å²) in [4.78, 5) is -0.0579. The number of benzene rings is 1. The lowest BCUT2D eigenvalue weighted by atomic mass is 10.2. The van der Waals surface area contributed by atoms with E-state index in [1.165, 1.54) is 12.1 Å². The molecule has 1 aromatic rings. The number of unbranched alkanes of at least 4 members (excludes halogenated alkanes) is 1. The molecule has 0 aliphatic carbocycles. The van der Waals surface area contributed by atoms with E-state index in [2.05, 4.69) is 4.72 Å². The normalized spacial score (nSPS) is 11.8. The molecule has 0 spiro atoms. The van der Waals surface area contributed by atoms with Crippen LogP contribution in [0.5, 0.6) is 0 Å². The summed E-state index contributed by atoms with van der Waals surface area (Å²) < 4.78 is 26.8. The van der Waals surface area contributed by atoms with E-state index in [4.69, 9.17) is 28.3 Å². The Morgan fingerprint density at radius 1 is 1.25 bits per heavy atom. The standard InChI is InChI=1S/C12H17Cl2NO3S2/c1-19-5-3-2-4-15-20(17,18)12-6-9(8-16)10(13)7-11(12)14/h6-7,15-16H,2-5,8H2,1H3. The second-order valence-corrected chi connectivity index (χ2v) is 7.67. The van der Waals surface area contributed by atoms with E-state index in [-0.39, 0.29) is 21.5 Å². The molecule has 4 nitrogen and oxygen atoms in total. The third-order valence-electron chi connectivity index (χ3n) is 2.63. The number of hydrogen-bond acceptors (Lipinski definition) is 4. The summed E-state index contributed by atoms with van der Waals surface area (Å²) in [7, 11) is -3.69. The second-order valence-electron chi connectivity index (χ2n) is 4.13. The first-order chi connectivity index (χ1) is 9.42. The van der Waals surface area contributed by atoms with Crippen LogP contribution in [0.2, 0.25) is 10.0 Å². The molecule has 0 saturated heterocycles. The lowest BCUT2D eigenvalue weighted by Crippen LogP contribution is -2.25. The van der Waals surface area contributed by atoms with Crippen molar-refractivity contribution in [2.24, 2.45) is 0 Å². The van der Waals surface area contributed by atoms with Gasteiger partial charge in [-0.3, -0.25) is 0 Å². The van der Waals surface area contributed by atoms with E-state index in [0.29, 0.717) is 12.1 Å². The predicted octanol–water partition coefficient (Wildman–Crippen LogP) is 2.91. The van der Waals surface area contributed by atoms with Gasteiger partial charge in [-0.05, 0) is 42.5 Å². The van der Waals surface area contributed by atoms with Crippen molar-refractivity contribution in [2.75, 3.05) is 18.6 Å². The van der Waals surface area contributed by atoms with Crippen LogP contribution in [0.25, 0.3) is 0 Å². The van der Waals surface area contributed by atoms with Crippen molar-refractivity contribution in [2.45, 2.75) is 24.3 Å². The van der Waals surface area contributed by atoms with E-state index < -0.39 is 10.0 Å². The summed E-state index contributed by atoms with van der Waals surface area (Å²) in [5, 5.41) is 9.42. The van der Waals surface area contributed by atoms with Crippen LogP contribution in [0.4, 0.5) is 0 Å². The fourth-order valence-corrected chi connectivity index (χ4v) is 3.98. The minimum absolute atomic E-state index is 0.0452. The van der Waals surface area contributed by atoms with Gasteiger partial charge >= 0.3 is 0 Å². The molecule has 0 heterocycles. The average Bonchev–Trinajstić information content (AvgIpc) is 2.38.